The summed E-state index contributed by atoms with van der Waals surface area (Å²) in [5.41, 5.74) is 5.44. The van der Waals surface area contributed by atoms with Crippen molar-refractivity contribution < 1.29 is 9.53 Å². The summed E-state index contributed by atoms with van der Waals surface area (Å²) in [7, 11) is 0. The minimum Gasteiger partial charge on any atom is -0.489 e. The first-order valence-corrected chi connectivity index (χ1v) is 10.7. The number of nitrogens with one attached hydrogen (secondary N) is 1. The molecule has 0 spiro atoms. The lowest BCUT2D eigenvalue weighted by Gasteiger charge is -2.11. The molecule has 1 N–H and O–H groups in total. The van der Waals surface area contributed by atoms with Crippen LogP contribution in [0.4, 0.5) is 5.69 Å². The van der Waals surface area contributed by atoms with Crippen LogP contribution in [0.5, 0.6) is 5.75 Å². The number of hydrogen-bond acceptors (Lipinski definition) is 3. The quantitative estimate of drug-likeness (QED) is 0.377. The zero-order chi connectivity index (χ0) is 22.5. The number of aromatic nitrogens is 2. The molecular weight excluding hydrogens is 422 g/mol. The number of ether oxygens (including phenoxy) is 1. The van der Waals surface area contributed by atoms with Crippen LogP contribution in [0.1, 0.15) is 32.6 Å². The summed E-state index contributed by atoms with van der Waals surface area (Å²) in [6.07, 6.45) is 3.45. The van der Waals surface area contributed by atoms with Gasteiger partial charge in [0.25, 0.3) is 5.91 Å². The molecule has 3 aromatic carbocycles. The Bertz CT molecular complexity index is 1230. The second-order valence-corrected chi connectivity index (χ2v) is 8.20. The van der Waals surface area contributed by atoms with Gasteiger partial charge in [-0.2, -0.15) is 5.10 Å². The van der Waals surface area contributed by atoms with E-state index in [1.807, 2.05) is 68.4 Å². The molecule has 0 saturated heterocycles. The number of nitrogens with zero attached hydrogens (tertiary/aromatic N) is 2. The van der Waals surface area contributed by atoms with Crippen molar-refractivity contribution in [1.29, 1.82) is 0 Å². The predicted molar refractivity (Wildman–Crippen MR) is 127 cm³/mol. The number of amides is 1. The van der Waals surface area contributed by atoms with Crippen LogP contribution in [0, 0.1) is 13.8 Å². The number of carbonyl (C=O) groups is 1. The van der Waals surface area contributed by atoms with Crippen LogP contribution < -0.4 is 10.1 Å². The molecule has 0 aliphatic carbocycles. The largest absolute Gasteiger partial charge is 0.489 e. The average molecular weight is 446 g/mol. The average Bonchev–Trinajstić information content (AvgIpc) is 3.23. The van der Waals surface area contributed by atoms with E-state index >= 15 is 0 Å². The molecule has 0 atom stereocenters. The third-order valence-electron chi connectivity index (χ3n) is 5.08. The van der Waals surface area contributed by atoms with Gasteiger partial charge in [0.15, 0.2) is 0 Å². The number of halogens is 1. The van der Waals surface area contributed by atoms with Crippen LogP contribution in [-0.4, -0.2) is 15.7 Å². The summed E-state index contributed by atoms with van der Waals surface area (Å²) >= 11 is 5.93. The molecule has 6 heteroatoms. The van der Waals surface area contributed by atoms with Crippen molar-refractivity contribution in [2.24, 2.45) is 0 Å². The molecule has 5 nitrogen and oxygen atoms in total. The van der Waals surface area contributed by atoms with Gasteiger partial charge in [-0.05, 0) is 66.4 Å². The van der Waals surface area contributed by atoms with Gasteiger partial charge in [0.05, 0.1) is 18.4 Å². The molecule has 0 aliphatic heterocycles. The summed E-state index contributed by atoms with van der Waals surface area (Å²) < 4.78 is 7.74. The van der Waals surface area contributed by atoms with Crippen molar-refractivity contribution in [1.82, 2.24) is 9.78 Å². The lowest BCUT2D eigenvalue weighted by molar-refractivity contribution is 0.102. The number of benzene rings is 3. The van der Waals surface area contributed by atoms with Crippen LogP contribution >= 0.6 is 11.6 Å². The Labute approximate surface area is 192 Å². The summed E-state index contributed by atoms with van der Waals surface area (Å²) in [5.74, 6) is 0.664. The van der Waals surface area contributed by atoms with Crippen molar-refractivity contribution in [3.8, 4) is 5.75 Å². The summed E-state index contributed by atoms with van der Waals surface area (Å²) in [6, 6.07) is 21.2. The Morgan fingerprint density at radius 1 is 1.03 bits per heavy atom. The summed E-state index contributed by atoms with van der Waals surface area (Å²) in [4.78, 5) is 12.7. The van der Waals surface area contributed by atoms with Crippen molar-refractivity contribution in [3.05, 3.63) is 112 Å². The fourth-order valence-electron chi connectivity index (χ4n) is 3.32. The fourth-order valence-corrected chi connectivity index (χ4v) is 3.45. The summed E-state index contributed by atoms with van der Waals surface area (Å²) in [5, 5.41) is 7.93. The smallest absolute Gasteiger partial charge is 0.255 e. The van der Waals surface area contributed by atoms with Crippen molar-refractivity contribution in [3.63, 3.8) is 0 Å². The lowest BCUT2D eigenvalue weighted by atomic mass is 10.1. The Hall–Kier alpha value is -3.57. The second kappa shape index (κ2) is 9.71. The molecule has 0 unspecified atom stereocenters. The minimum absolute atomic E-state index is 0.190. The molecular formula is C26H24ClN3O2. The monoisotopic (exact) mass is 445 g/mol. The fraction of sp³-hybridized carbons (Fsp3) is 0.154. The van der Waals surface area contributed by atoms with E-state index in [4.69, 9.17) is 16.3 Å². The minimum atomic E-state index is -0.190. The Morgan fingerprint density at radius 3 is 2.66 bits per heavy atom. The number of aryl methyl sites for hydroxylation is 2. The third-order valence-corrected chi connectivity index (χ3v) is 5.33. The lowest BCUT2D eigenvalue weighted by Crippen LogP contribution is -2.12. The molecule has 1 aromatic heterocycles. The Balaban J connectivity index is 1.38. The molecule has 0 bridgehead atoms. The molecule has 0 fully saturated rings. The normalized spacial score (nSPS) is 10.7. The van der Waals surface area contributed by atoms with Gasteiger partial charge < -0.3 is 10.1 Å². The topological polar surface area (TPSA) is 56.1 Å². The van der Waals surface area contributed by atoms with E-state index in [0.29, 0.717) is 29.4 Å². The van der Waals surface area contributed by atoms with E-state index < -0.39 is 0 Å². The van der Waals surface area contributed by atoms with Gasteiger partial charge in [-0.25, -0.2) is 0 Å². The van der Waals surface area contributed by atoms with Crippen LogP contribution in [0.2, 0.25) is 5.02 Å². The molecule has 0 aliphatic rings. The highest BCUT2D eigenvalue weighted by molar-refractivity contribution is 6.30. The van der Waals surface area contributed by atoms with Crippen LogP contribution in [0.25, 0.3) is 0 Å². The molecule has 4 aromatic rings. The van der Waals surface area contributed by atoms with Gasteiger partial charge in [-0.3, -0.25) is 9.48 Å². The SMILES string of the molecule is Cc1ccc(C)c(OCc2cccc(C(=O)Nc3cnn(Cc4ccc(Cl)cc4)c3)c2)c1. The van der Waals surface area contributed by atoms with Crippen molar-refractivity contribution >= 4 is 23.2 Å². The zero-order valence-corrected chi connectivity index (χ0v) is 18.8. The highest BCUT2D eigenvalue weighted by Crippen LogP contribution is 2.21. The zero-order valence-electron chi connectivity index (χ0n) is 18.0. The van der Waals surface area contributed by atoms with E-state index in [9.17, 15) is 4.79 Å². The highest BCUT2D eigenvalue weighted by Gasteiger charge is 2.09. The first kappa shape index (κ1) is 21.7. The predicted octanol–water partition coefficient (Wildman–Crippen LogP) is 6.03. The maximum atomic E-state index is 12.7. The van der Waals surface area contributed by atoms with E-state index in [0.717, 1.165) is 28.0 Å². The maximum Gasteiger partial charge on any atom is 0.255 e. The first-order chi connectivity index (χ1) is 15.5. The molecule has 162 valence electrons. The Morgan fingerprint density at radius 2 is 1.84 bits per heavy atom. The van der Waals surface area contributed by atoms with Gasteiger partial charge in [0, 0.05) is 16.8 Å². The van der Waals surface area contributed by atoms with Gasteiger partial charge in [0.2, 0.25) is 0 Å². The van der Waals surface area contributed by atoms with Crippen molar-refractivity contribution in [2.75, 3.05) is 5.32 Å². The number of rotatable bonds is 7. The molecule has 32 heavy (non-hydrogen) atoms. The van der Waals surface area contributed by atoms with Gasteiger partial charge in [0.1, 0.15) is 12.4 Å². The van der Waals surface area contributed by atoms with Gasteiger partial charge >= 0.3 is 0 Å². The van der Waals surface area contributed by atoms with Crippen LogP contribution in [0.15, 0.2) is 79.1 Å². The molecule has 0 radical (unpaired) electrons. The van der Waals surface area contributed by atoms with E-state index in [2.05, 4.69) is 16.5 Å². The number of hydrogen-bond donors (Lipinski definition) is 1. The molecule has 0 saturated carbocycles. The van der Waals surface area contributed by atoms with Crippen molar-refractivity contribution in [2.45, 2.75) is 27.0 Å². The van der Waals surface area contributed by atoms with Gasteiger partial charge in [-0.1, -0.05) is 48.0 Å². The van der Waals surface area contributed by atoms with E-state index in [1.54, 1.807) is 23.1 Å². The van der Waals surface area contributed by atoms with E-state index in [-0.39, 0.29) is 5.91 Å². The second-order valence-electron chi connectivity index (χ2n) is 7.77. The first-order valence-electron chi connectivity index (χ1n) is 10.3. The highest BCUT2D eigenvalue weighted by atomic mass is 35.5. The maximum absolute atomic E-state index is 12.7. The standard InChI is InChI=1S/C26H24ClN3O2/c1-18-6-7-19(2)25(12-18)32-17-21-4-3-5-22(13-21)26(31)29-24-14-28-30(16-24)15-20-8-10-23(27)11-9-20/h3-14,16H,15,17H2,1-2H3,(H,29,31). The molecule has 1 heterocycles. The van der Waals surface area contributed by atoms with E-state index in [1.165, 1.54) is 0 Å². The Kier molecular flexibility index (Phi) is 6.57. The van der Waals surface area contributed by atoms with Crippen LogP contribution in [0.3, 0.4) is 0 Å². The third kappa shape index (κ3) is 5.56. The summed E-state index contributed by atoms with van der Waals surface area (Å²) in [6.45, 7) is 5.04. The number of carbonyl (C=O) groups excluding carboxylic acids is 1. The molecule has 1 amide bonds. The van der Waals surface area contributed by atoms with Gasteiger partial charge in [-0.15, -0.1) is 0 Å². The number of anilines is 1. The molecule has 4 rings (SSSR count). The van der Waals surface area contributed by atoms with Crippen LogP contribution in [-0.2, 0) is 13.2 Å².